The summed E-state index contributed by atoms with van der Waals surface area (Å²) in [5.74, 6) is -4.66. The number of hydrogen-bond acceptors (Lipinski definition) is 9. The van der Waals surface area contributed by atoms with Crippen molar-refractivity contribution in [2.45, 2.75) is 56.3 Å². The van der Waals surface area contributed by atoms with E-state index in [-0.39, 0.29) is 18.6 Å². The number of aliphatic carboxylic acids is 1. The molecule has 0 aliphatic heterocycles. The Morgan fingerprint density at radius 1 is 1.03 bits per heavy atom. The number of carbonyl (C=O) groups is 5. The van der Waals surface area contributed by atoms with Crippen molar-refractivity contribution in [2.24, 2.45) is 17.2 Å². The van der Waals surface area contributed by atoms with Crippen LogP contribution in [-0.4, -0.2) is 81.1 Å². The van der Waals surface area contributed by atoms with Gasteiger partial charge in [-0.2, -0.15) is 12.6 Å². The van der Waals surface area contributed by atoms with Gasteiger partial charge in [0.15, 0.2) is 0 Å². The van der Waals surface area contributed by atoms with E-state index in [0.717, 1.165) is 0 Å². The molecule has 0 aliphatic carbocycles. The summed E-state index contributed by atoms with van der Waals surface area (Å²) in [7, 11) is 0. The van der Waals surface area contributed by atoms with E-state index >= 15 is 0 Å². The molecule has 0 saturated heterocycles. The monoisotopic (exact) mass is 500 g/mol. The van der Waals surface area contributed by atoms with Crippen molar-refractivity contribution in [3.8, 4) is 0 Å². The molecule has 0 aliphatic rings. The predicted molar refractivity (Wildman–Crippen MR) is 124 cm³/mol. The molecule has 0 bridgehead atoms. The molecule has 0 saturated carbocycles. The number of aromatic nitrogens is 2. The number of rotatable bonds is 16. The summed E-state index contributed by atoms with van der Waals surface area (Å²) in [6.45, 7) is 0.352. The first kappa shape index (κ1) is 28.9. The summed E-state index contributed by atoms with van der Waals surface area (Å²) in [4.78, 5) is 67.3. The van der Waals surface area contributed by atoms with Crippen LogP contribution in [0.15, 0.2) is 12.5 Å². The Balaban J connectivity index is 2.91. The molecule has 34 heavy (non-hydrogen) atoms. The summed E-state index contributed by atoms with van der Waals surface area (Å²) in [6, 6.07) is -4.88. The van der Waals surface area contributed by atoms with Gasteiger partial charge >= 0.3 is 5.97 Å². The lowest BCUT2D eigenvalue weighted by molar-refractivity contribution is -0.141. The number of carboxylic acids is 1. The van der Waals surface area contributed by atoms with E-state index in [4.69, 9.17) is 22.3 Å². The number of thiol groups is 1. The van der Waals surface area contributed by atoms with E-state index in [9.17, 15) is 24.0 Å². The van der Waals surface area contributed by atoms with Crippen LogP contribution < -0.4 is 33.2 Å². The van der Waals surface area contributed by atoms with Crippen LogP contribution in [-0.2, 0) is 30.4 Å². The smallest absolute Gasteiger partial charge is 0.327 e. The Hall–Kier alpha value is -3.17. The van der Waals surface area contributed by atoms with Crippen LogP contribution in [0.5, 0.6) is 0 Å². The molecule has 0 radical (unpaired) electrons. The lowest BCUT2D eigenvalue weighted by Crippen LogP contribution is -2.58. The molecule has 0 aromatic carbocycles. The number of imidazole rings is 1. The topological polar surface area (TPSA) is 248 Å². The molecule has 11 N–H and O–H groups in total. The minimum atomic E-state index is -1.40. The number of unbranched alkanes of at least 4 members (excludes halogenated alkanes) is 1. The van der Waals surface area contributed by atoms with Crippen LogP contribution >= 0.6 is 12.6 Å². The van der Waals surface area contributed by atoms with Crippen molar-refractivity contribution < 1.29 is 29.1 Å². The van der Waals surface area contributed by atoms with E-state index < -0.39 is 60.2 Å². The van der Waals surface area contributed by atoms with Crippen molar-refractivity contribution in [2.75, 3.05) is 12.3 Å². The van der Waals surface area contributed by atoms with E-state index in [0.29, 0.717) is 25.1 Å². The molecule has 14 nitrogen and oxygen atoms in total. The zero-order valence-electron chi connectivity index (χ0n) is 18.5. The number of hydrogen-bond donors (Lipinski definition) is 9. The fourth-order valence-electron chi connectivity index (χ4n) is 2.91. The molecule has 15 heteroatoms. The number of carbonyl (C=O) groups excluding carboxylic acids is 4. The highest BCUT2D eigenvalue weighted by atomic mass is 32.1. The van der Waals surface area contributed by atoms with Crippen molar-refractivity contribution in [1.82, 2.24) is 25.9 Å². The van der Waals surface area contributed by atoms with Gasteiger partial charge in [0.05, 0.1) is 18.8 Å². The maximum atomic E-state index is 12.9. The van der Waals surface area contributed by atoms with Gasteiger partial charge in [0.1, 0.15) is 18.1 Å². The average Bonchev–Trinajstić information content (AvgIpc) is 3.28. The molecule has 1 rings (SSSR count). The number of amides is 4. The van der Waals surface area contributed by atoms with Gasteiger partial charge in [0, 0.05) is 24.1 Å². The Labute approximate surface area is 201 Å². The van der Waals surface area contributed by atoms with E-state index in [1.54, 1.807) is 0 Å². The summed E-state index contributed by atoms with van der Waals surface area (Å²) >= 11 is 3.90. The number of primary amides is 1. The second kappa shape index (κ2) is 14.9. The lowest BCUT2D eigenvalue weighted by atomic mass is 10.1. The zero-order valence-corrected chi connectivity index (χ0v) is 19.4. The fourth-order valence-corrected chi connectivity index (χ4v) is 3.15. The molecule has 1 heterocycles. The molecular weight excluding hydrogens is 468 g/mol. The second-order valence-corrected chi connectivity index (χ2v) is 7.91. The first-order valence-corrected chi connectivity index (χ1v) is 11.2. The Morgan fingerprint density at radius 2 is 1.65 bits per heavy atom. The van der Waals surface area contributed by atoms with Crippen LogP contribution in [0.2, 0.25) is 0 Å². The van der Waals surface area contributed by atoms with E-state index in [2.05, 4.69) is 38.5 Å². The van der Waals surface area contributed by atoms with Crippen molar-refractivity contribution in [3.63, 3.8) is 0 Å². The number of nitrogens with zero attached hydrogens (tertiary/aromatic N) is 1. The predicted octanol–water partition coefficient (Wildman–Crippen LogP) is -3.25. The first-order valence-electron chi connectivity index (χ1n) is 10.5. The van der Waals surface area contributed by atoms with Gasteiger partial charge in [0.25, 0.3) is 0 Å². The largest absolute Gasteiger partial charge is 0.480 e. The summed E-state index contributed by atoms with van der Waals surface area (Å²) in [5, 5.41) is 16.3. The quantitative estimate of drug-likeness (QED) is 0.0815. The molecule has 0 spiro atoms. The van der Waals surface area contributed by atoms with Crippen molar-refractivity contribution in [3.05, 3.63) is 18.2 Å². The highest BCUT2D eigenvalue weighted by Gasteiger charge is 2.30. The van der Waals surface area contributed by atoms with Crippen LogP contribution in [0.3, 0.4) is 0 Å². The van der Waals surface area contributed by atoms with Gasteiger partial charge in [-0.15, -0.1) is 0 Å². The number of nitrogens with one attached hydrogen (secondary N) is 4. The maximum absolute atomic E-state index is 12.9. The van der Waals surface area contributed by atoms with Gasteiger partial charge in [0.2, 0.25) is 23.6 Å². The van der Waals surface area contributed by atoms with Gasteiger partial charge in [-0.25, -0.2) is 9.78 Å². The number of H-pyrrole nitrogens is 1. The number of aromatic amines is 1. The molecule has 0 fully saturated rings. The van der Waals surface area contributed by atoms with E-state index in [1.807, 2.05) is 0 Å². The van der Waals surface area contributed by atoms with Crippen LogP contribution in [0.25, 0.3) is 0 Å². The lowest BCUT2D eigenvalue weighted by Gasteiger charge is -2.24. The summed E-state index contributed by atoms with van der Waals surface area (Å²) in [5.41, 5.74) is 17.2. The van der Waals surface area contributed by atoms with Gasteiger partial charge < -0.3 is 43.2 Å². The van der Waals surface area contributed by atoms with Gasteiger partial charge in [-0.3, -0.25) is 19.2 Å². The van der Waals surface area contributed by atoms with Gasteiger partial charge in [-0.05, 0) is 25.8 Å². The zero-order chi connectivity index (χ0) is 25.7. The Morgan fingerprint density at radius 3 is 2.18 bits per heavy atom. The van der Waals surface area contributed by atoms with Crippen LogP contribution in [0.1, 0.15) is 31.4 Å². The normalized spacial score (nSPS) is 14.3. The Bertz CT molecular complexity index is 837. The minimum Gasteiger partial charge on any atom is -0.480 e. The standard InChI is InChI=1S/C19H32N8O6S/c20-4-2-1-3-12(17(30)27-14(8-34)19(32)33)25-18(31)13(6-15(22)28)26-16(29)11(21)5-10-7-23-9-24-10/h7,9,11-14,34H,1-6,8,20-21H2,(H2,22,28)(H,23,24)(H,25,31)(H,26,29)(H,27,30)(H,32,33). The van der Waals surface area contributed by atoms with Crippen molar-refractivity contribution in [1.29, 1.82) is 0 Å². The first-order chi connectivity index (χ1) is 16.1. The fraction of sp³-hybridized carbons (Fsp3) is 0.579. The molecule has 1 aromatic rings. The third-order valence-corrected chi connectivity index (χ3v) is 5.11. The maximum Gasteiger partial charge on any atom is 0.327 e. The molecular formula is C19H32N8O6S. The summed E-state index contributed by atoms with van der Waals surface area (Å²) < 4.78 is 0. The van der Waals surface area contributed by atoms with Crippen LogP contribution in [0.4, 0.5) is 0 Å². The van der Waals surface area contributed by atoms with Crippen LogP contribution in [0, 0.1) is 0 Å². The number of carboxylic acid groups (broad SMARTS) is 1. The molecule has 4 amide bonds. The Kier molecular flexibility index (Phi) is 12.6. The minimum absolute atomic E-state index is 0.0984. The van der Waals surface area contributed by atoms with Crippen molar-refractivity contribution >= 4 is 42.2 Å². The molecule has 4 atom stereocenters. The third kappa shape index (κ3) is 10.2. The van der Waals surface area contributed by atoms with E-state index in [1.165, 1.54) is 12.5 Å². The summed E-state index contributed by atoms with van der Waals surface area (Å²) in [6.07, 6.45) is 3.61. The SMILES string of the molecule is NCCCCC(NC(=O)C(CC(N)=O)NC(=O)C(N)Cc1cnc[nH]1)C(=O)NC(CS)C(=O)O. The average molecular weight is 501 g/mol. The molecule has 190 valence electrons. The highest BCUT2D eigenvalue weighted by molar-refractivity contribution is 7.80. The van der Waals surface area contributed by atoms with Gasteiger partial charge in [-0.1, -0.05) is 0 Å². The molecule has 1 aromatic heterocycles. The second-order valence-electron chi connectivity index (χ2n) is 7.55. The highest BCUT2D eigenvalue weighted by Crippen LogP contribution is 2.05. The third-order valence-electron chi connectivity index (χ3n) is 4.75. The number of nitrogens with two attached hydrogens (primary N) is 3. The molecule has 4 unspecified atom stereocenters.